The Labute approximate surface area is 153 Å². The average molecular weight is 356 g/mol. The first-order valence-electron chi connectivity index (χ1n) is 9.14. The molecular weight excluding hydrogens is 330 g/mol. The molecule has 2 aromatic rings. The van der Waals surface area contributed by atoms with Gasteiger partial charge < -0.3 is 9.26 Å². The van der Waals surface area contributed by atoms with Crippen molar-refractivity contribution in [2.24, 2.45) is 11.8 Å². The summed E-state index contributed by atoms with van der Waals surface area (Å²) in [5.41, 5.74) is 4.88. The van der Waals surface area contributed by atoms with Crippen LogP contribution < -0.4 is 0 Å². The summed E-state index contributed by atoms with van der Waals surface area (Å²) >= 11 is 1.94. The summed E-state index contributed by atoms with van der Waals surface area (Å²) < 4.78 is 11.1. The summed E-state index contributed by atoms with van der Waals surface area (Å²) in [6.45, 7) is 5.83. The molecule has 0 saturated carbocycles. The van der Waals surface area contributed by atoms with Gasteiger partial charge in [-0.15, -0.1) is 11.8 Å². The van der Waals surface area contributed by atoms with Crippen LogP contribution in [0.5, 0.6) is 0 Å². The molecule has 0 aliphatic carbocycles. The minimum absolute atomic E-state index is 0.528. The number of allylic oxidation sites excluding steroid dienone is 1. The Morgan fingerprint density at radius 2 is 1.96 bits per heavy atom. The molecule has 1 aromatic heterocycles. The van der Waals surface area contributed by atoms with Crippen molar-refractivity contribution >= 4 is 11.8 Å². The molecule has 2 aliphatic rings. The molecule has 3 nitrogen and oxygen atoms in total. The van der Waals surface area contributed by atoms with Gasteiger partial charge in [0.2, 0.25) is 0 Å². The summed E-state index contributed by atoms with van der Waals surface area (Å²) in [6, 6.07) is 8.86. The van der Waals surface area contributed by atoms with E-state index in [-0.39, 0.29) is 0 Å². The molecule has 0 spiro atoms. The second kappa shape index (κ2) is 7.38. The molecule has 0 amide bonds. The van der Waals surface area contributed by atoms with Crippen LogP contribution in [0, 0.1) is 25.7 Å². The Bertz CT molecular complexity index is 742. The third-order valence-corrected chi connectivity index (χ3v) is 6.50. The molecule has 1 fully saturated rings. The van der Waals surface area contributed by atoms with E-state index in [1.165, 1.54) is 22.4 Å². The molecule has 2 aliphatic heterocycles. The Morgan fingerprint density at radius 3 is 2.64 bits per heavy atom. The van der Waals surface area contributed by atoms with E-state index in [0.29, 0.717) is 17.8 Å². The van der Waals surface area contributed by atoms with Crippen molar-refractivity contribution in [3.05, 3.63) is 52.8 Å². The van der Waals surface area contributed by atoms with E-state index >= 15 is 0 Å². The van der Waals surface area contributed by atoms with Crippen molar-refractivity contribution in [2.75, 3.05) is 19.0 Å². The van der Waals surface area contributed by atoms with Gasteiger partial charge in [-0.2, -0.15) is 0 Å². The van der Waals surface area contributed by atoms with Gasteiger partial charge in [0.25, 0.3) is 0 Å². The van der Waals surface area contributed by atoms with Crippen molar-refractivity contribution in [3.63, 3.8) is 0 Å². The molecule has 3 heterocycles. The van der Waals surface area contributed by atoms with Crippen LogP contribution in [0.25, 0.3) is 11.1 Å². The van der Waals surface area contributed by atoms with Crippen molar-refractivity contribution in [1.82, 2.24) is 5.16 Å². The second-order valence-corrected chi connectivity index (χ2v) is 8.03. The SMILES string of the molecule is Cc1noc(C)c1-c1ccccc1C(C1C=CSC1)C1CCOCC1. The van der Waals surface area contributed by atoms with Crippen molar-refractivity contribution in [2.45, 2.75) is 32.6 Å². The molecule has 0 radical (unpaired) electrons. The van der Waals surface area contributed by atoms with Crippen LogP contribution in [-0.4, -0.2) is 24.1 Å². The summed E-state index contributed by atoms with van der Waals surface area (Å²) in [5.74, 6) is 3.88. The lowest BCUT2D eigenvalue weighted by molar-refractivity contribution is 0.0540. The highest BCUT2D eigenvalue weighted by atomic mass is 32.2. The summed E-state index contributed by atoms with van der Waals surface area (Å²) in [5, 5.41) is 6.46. The van der Waals surface area contributed by atoms with Gasteiger partial charge in [0.1, 0.15) is 5.76 Å². The van der Waals surface area contributed by atoms with Crippen LogP contribution in [0.3, 0.4) is 0 Å². The Morgan fingerprint density at radius 1 is 1.16 bits per heavy atom. The largest absolute Gasteiger partial charge is 0.381 e. The maximum Gasteiger partial charge on any atom is 0.141 e. The fraction of sp³-hybridized carbons (Fsp3) is 0.476. The zero-order valence-electron chi connectivity index (χ0n) is 14.9. The first-order valence-corrected chi connectivity index (χ1v) is 10.2. The number of nitrogens with zero attached hydrogens (tertiary/aromatic N) is 1. The monoisotopic (exact) mass is 355 g/mol. The number of thioether (sulfide) groups is 1. The number of benzene rings is 1. The first kappa shape index (κ1) is 16.9. The van der Waals surface area contributed by atoms with Gasteiger partial charge in [-0.1, -0.05) is 35.5 Å². The highest BCUT2D eigenvalue weighted by molar-refractivity contribution is 8.02. The number of aryl methyl sites for hydroxylation is 2. The minimum Gasteiger partial charge on any atom is -0.381 e. The summed E-state index contributed by atoms with van der Waals surface area (Å²) in [7, 11) is 0. The third kappa shape index (κ3) is 3.30. The lowest BCUT2D eigenvalue weighted by Crippen LogP contribution is -2.27. The zero-order chi connectivity index (χ0) is 17.2. The summed E-state index contributed by atoms with van der Waals surface area (Å²) in [6.07, 6.45) is 4.71. The van der Waals surface area contributed by atoms with Gasteiger partial charge in [-0.25, -0.2) is 0 Å². The molecule has 1 saturated heterocycles. The van der Waals surface area contributed by atoms with E-state index in [9.17, 15) is 0 Å². The number of hydrogen-bond donors (Lipinski definition) is 0. The maximum absolute atomic E-state index is 5.64. The highest BCUT2D eigenvalue weighted by Crippen LogP contribution is 2.46. The third-order valence-electron chi connectivity index (χ3n) is 5.57. The smallest absolute Gasteiger partial charge is 0.141 e. The van der Waals surface area contributed by atoms with E-state index in [1.807, 2.05) is 25.6 Å². The maximum atomic E-state index is 5.64. The van der Waals surface area contributed by atoms with E-state index in [0.717, 1.165) is 37.5 Å². The Balaban J connectivity index is 1.80. The number of aromatic nitrogens is 1. The predicted molar refractivity (Wildman–Crippen MR) is 103 cm³/mol. The Hall–Kier alpha value is -1.52. The van der Waals surface area contributed by atoms with Crippen LogP contribution in [-0.2, 0) is 4.74 Å². The van der Waals surface area contributed by atoms with E-state index in [1.54, 1.807) is 0 Å². The lowest BCUT2D eigenvalue weighted by Gasteiger charge is -2.35. The van der Waals surface area contributed by atoms with Gasteiger partial charge in [-0.3, -0.25) is 0 Å². The van der Waals surface area contributed by atoms with Gasteiger partial charge in [0.15, 0.2) is 0 Å². The number of rotatable bonds is 4. The fourth-order valence-corrected chi connectivity index (χ4v) is 5.36. The molecular formula is C21H25NO2S. The van der Waals surface area contributed by atoms with Gasteiger partial charge in [-0.05, 0) is 61.0 Å². The van der Waals surface area contributed by atoms with Crippen LogP contribution in [0.15, 0.2) is 40.3 Å². The van der Waals surface area contributed by atoms with Gasteiger partial charge >= 0.3 is 0 Å². The van der Waals surface area contributed by atoms with Gasteiger partial charge in [0.05, 0.1) is 5.69 Å². The topological polar surface area (TPSA) is 35.3 Å². The number of ether oxygens (including phenoxy) is 1. The molecule has 4 rings (SSSR count). The molecule has 4 heteroatoms. The lowest BCUT2D eigenvalue weighted by atomic mass is 9.72. The van der Waals surface area contributed by atoms with Crippen molar-refractivity contribution in [3.8, 4) is 11.1 Å². The van der Waals surface area contributed by atoms with E-state index in [4.69, 9.17) is 9.26 Å². The molecule has 1 aromatic carbocycles. The number of hydrogen-bond acceptors (Lipinski definition) is 4. The molecule has 0 bridgehead atoms. The highest BCUT2D eigenvalue weighted by Gasteiger charge is 2.34. The Kier molecular flexibility index (Phi) is 5.00. The predicted octanol–water partition coefficient (Wildman–Crippen LogP) is 5.35. The van der Waals surface area contributed by atoms with E-state index in [2.05, 4.69) is 40.9 Å². The molecule has 132 valence electrons. The second-order valence-electron chi connectivity index (χ2n) is 7.09. The fourth-order valence-electron chi connectivity index (χ4n) is 4.39. The summed E-state index contributed by atoms with van der Waals surface area (Å²) in [4.78, 5) is 0. The average Bonchev–Trinajstić information content (AvgIpc) is 3.27. The van der Waals surface area contributed by atoms with Gasteiger partial charge in [0, 0.05) is 24.5 Å². The van der Waals surface area contributed by atoms with Crippen LogP contribution in [0.1, 0.15) is 35.8 Å². The van der Waals surface area contributed by atoms with Crippen LogP contribution >= 0.6 is 11.8 Å². The van der Waals surface area contributed by atoms with Crippen LogP contribution in [0.4, 0.5) is 0 Å². The zero-order valence-corrected chi connectivity index (χ0v) is 15.7. The van der Waals surface area contributed by atoms with Crippen molar-refractivity contribution in [1.29, 1.82) is 0 Å². The van der Waals surface area contributed by atoms with E-state index < -0.39 is 0 Å². The quantitative estimate of drug-likeness (QED) is 0.741. The van der Waals surface area contributed by atoms with Crippen molar-refractivity contribution < 1.29 is 9.26 Å². The minimum atomic E-state index is 0.528. The molecule has 2 unspecified atom stereocenters. The normalized spacial score (nSPS) is 22.4. The molecule has 2 atom stereocenters. The first-order chi connectivity index (χ1) is 12.3. The molecule has 0 N–H and O–H groups in total. The molecule has 25 heavy (non-hydrogen) atoms. The standard InChI is InChI=1S/C21H25NO2S/c1-14-20(15(2)24-22-14)18-5-3-4-6-19(18)21(17-9-12-25-13-17)16-7-10-23-11-8-16/h3-6,9,12,16-17,21H,7-8,10-11,13H2,1-2H3. The van der Waals surface area contributed by atoms with Crippen LogP contribution in [0.2, 0.25) is 0 Å².